The van der Waals surface area contributed by atoms with Crippen molar-refractivity contribution in [1.82, 2.24) is 15.0 Å². The highest BCUT2D eigenvalue weighted by molar-refractivity contribution is 6.05. The van der Waals surface area contributed by atoms with Crippen molar-refractivity contribution >= 4 is 17.5 Å². The van der Waals surface area contributed by atoms with Gasteiger partial charge < -0.3 is 21.0 Å². The molecule has 8 nitrogen and oxygen atoms in total. The van der Waals surface area contributed by atoms with E-state index < -0.39 is 11.8 Å². The Morgan fingerprint density at radius 3 is 2.68 bits per heavy atom. The molecule has 2 heterocycles. The number of amides is 2. The van der Waals surface area contributed by atoms with Gasteiger partial charge in [0.15, 0.2) is 0 Å². The number of carbonyl (C=O) groups excluding carboxylic acids is 2. The van der Waals surface area contributed by atoms with Gasteiger partial charge in [-0.3, -0.25) is 14.4 Å². The first-order chi connectivity index (χ1) is 11.9. The number of H-pyrrole nitrogens is 2. The van der Waals surface area contributed by atoms with E-state index in [1.54, 1.807) is 31.2 Å². The summed E-state index contributed by atoms with van der Waals surface area (Å²) in [6, 6.07) is 9.67. The van der Waals surface area contributed by atoms with Crippen LogP contribution >= 0.6 is 0 Å². The lowest BCUT2D eigenvalue weighted by atomic mass is 10.2. The summed E-state index contributed by atoms with van der Waals surface area (Å²) < 4.78 is 0. The number of hydrogen-bond acceptors (Lipinski definition) is 4. The molecule has 8 heteroatoms. The van der Waals surface area contributed by atoms with E-state index in [0.717, 1.165) is 0 Å². The van der Waals surface area contributed by atoms with Gasteiger partial charge in [0.25, 0.3) is 11.5 Å². The molecule has 0 atom stereocenters. The van der Waals surface area contributed by atoms with Gasteiger partial charge in [-0.2, -0.15) is 0 Å². The second kappa shape index (κ2) is 6.44. The van der Waals surface area contributed by atoms with Crippen LogP contribution in [-0.4, -0.2) is 26.8 Å². The minimum Gasteiger partial charge on any atom is -0.366 e. The number of nitrogens with two attached hydrogens (primary N) is 1. The van der Waals surface area contributed by atoms with Crippen LogP contribution in [0.5, 0.6) is 0 Å². The van der Waals surface area contributed by atoms with Gasteiger partial charge in [0.05, 0.1) is 5.56 Å². The van der Waals surface area contributed by atoms with Crippen LogP contribution in [0.25, 0.3) is 11.4 Å². The van der Waals surface area contributed by atoms with Crippen LogP contribution in [-0.2, 0) is 0 Å². The third-order valence-corrected chi connectivity index (χ3v) is 3.48. The normalized spacial score (nSPS) is 10.4. The molecule has 5 N–H and O–H groups in total. The van der Waals surface area contributed by atoms with Crippen molar-refractivity contribution in [2.75, 3.05) is 5.32 Å². The number of carbonyl (C=O) groups is 2. The quantitative estimate of drug-likeness (QED) is 0.573. The van der Waals surface area contributed by atoms with Crippen molar-refractivity contribution in [3.63, 3.8) is 0 Å². The monoisotopic (exact) mass is 337 g/mol. The molecule has 3 aromatic rings. The Morgan fingerprint density at radius 2 is 2.00 bits per heavy atom. The van der Waals surface area contributed by atoms with Crippen molar-refractivity contribution < 1.29 is 9.59 Å². The van der Waals surface area contributed by atoms with Crippen molar-refractivity contribution in [2.45, 2.75) is 6.92 Å². The van der Waals surface area contributed by atoms with E-state index >= 15 is 0 Å². The topological polar surface area (TPSA) is 134 Å². The number of aryl methyl sites for hydroxylation is 1. The Hall–Kier alpha value is -3.68. The Morgan fingerprint density at radius 1 is 1.20 bits per heavy atom. The van der Waals surface area contributed by atoms with E-state index in [1.807, 2.05) is 0 Å². The summed E-state index contributed by atoms with van der Waals surface area (Å²) in [6.45, 7) is 1.73. The van der Waals surface area contributed by atoms with E-state index in [9.17, 15) is 14.4 Å². The average molecular weight is 337 g/mol. The van der Waals surface area contributed by atoms with Crippen LogP contribution in [0.15, 0.2) is 47.4 Å². The second-order valence-electron chi connectivity index (χ2n) is 5.44. The van der Waals surface area contributed by atoms with Crippen LogP contribution in [0.1, 0.15) is 26.5 Å². The van der Waals surface area contributed by atoms with Crippen LogP contribution in [0, 0.1) is 6.92 Å². The molecule has 2 amide bonds. The third-order valence-electron chi connectivity index (χ3n) is 3.48. The van der Waals surface area contributed by atoms with Crippen molar-refractivity contribution in [1.29, 1.82) is 0 Å². The SMILES string of the molecule is Cc1cc(=O)[nH]c(-c2cccc(NC(=O)c3cc(C(N)=O)c[nH]3)c2)n1. The van der Waals surface area contributed by atoms with Gasteiger partial charge in [0.1, 0.15) is 11.5 Å². The van der Waals surface area contributed by atoms with Crippen LogP contribution in [0.3, 0.4) is 0 Å². The van der Waals surface area contributed by atoms with E-state index in [0.29, 0.717) is 22.8 Å². The molecule has 2 aromatic heterocycles. The predicted octanol–water partition coefficient (Wildman–Crippen LogP) is 1.42. The van der Waals surface area contributed by atoms with Crippen molar-refractivity contribution in [3.05, 3.63) is 69.9 Å². The molecule has 0 radical (unpaired) electrons. The smallest absolute Gasteiger partial charge is 0.272 e. The molecule has 126 valence electrons. The molecule has 0 aliphatic heterocycles. The van der Waals surface area contributed by atoms with Gasteiger partial charge in [-0.05, 0) is 25.1 Å². The Bertz CT molecular complexity index is 1020. The van der Waals surface area contributed by atoms with E-state index in [4.69, 9.17) is 5.73 Å². The zero-order valence-electron chi connectivity index (χ0n) is 13.3. The van der Waals surface area contributed by atoms with Crippen molar-refractivity contribution in [2.24, 2.45) is 5.73 Å². The summed E-state index contributed by atoms with van der Waals surface area (Å²) in [6.07, 6.45) is 1.37. The molecule has 0 saturated carbocycles. The number of primary amides is 1. The third kappa shape index (κ3) is 3.63. The summed E-state index contributed by atoms with van der Waals surface area (Å²) in [4.78, 5) is 44.5. The molecule has 3 rings (SSSR count). The minimum atomic E-state index is -0.619. The molecular weight excluding hydrogens is 322 g/mol. The van der Waals surface area contributed by atoms with Gasteiger partial charge >= 0.3 is 0 Å². The molecule has 25 heavy (non-hydrogen) atoms. The minimum absolute atomic E-state index is 0.210. The number of aromatic amines is 2. The molecule has 0 aliphatic rings. The van der Waals surface area contributed by atoms with Gasteiger partial charge in [0, 0.05) is 29.2 Å². The maximum Gasteiger partial charge on any atom is 0.272 e. The Kier molecular flexibility index (Phi) is 4.17. The zero-order chi connectivity index (χ0) is 18.0. The van der Waals surface area contributed by atoms with Crippen molar-refractivity contribution in [3.8, 4) is 11.4 Å². The molecule has 0 aliphatic carbocycles. The predicted molar refractivity (Wildman–Crippen MR) is 92.3 cm³/mol. The second-order valence-corrected chi connectivity index (χ2v) is 5.44. The lowest BCUT2D eigenvalue weighted by molar-refractivity contribution is 0.0999. The van der Waals surface area contributed by atoms with Gasteiger partial charge in [-0.25, -0.2) is 4.98 Å². The van der Waals surface area contributed by atoms with E-state index in [2.05, 4.69) is 20.3 Å². The number of hydrogen-bond donors (Lipinski definition) is 4. The van der Waals surface area contributed by atoms with Gasteiger partial charge in [-0.15, -0.1) is 0 Å². The fourth-order valence-electron chi connectivity index (χ4n) is 2.33. The number of aromatic nitrogens is 3. The Balaban J connectivity index is 1.85. The lowest BCUT2D eigenvalue weighted by Gasteiger charge is -2.07. The highest BCUT2D eigenvalue weighted by Crippen LogP contribution is 2.19. The van der Waals surface area contributed by atoms with Crippen LogP contribution in [0.4, 0.5) is 5.69 Å². The van der Waals surface area contributed by atoms with Crippen LogP contribution < -0.4 is 16.6 Å². The van der Waals surface area contributed by atoms with Crippen LogP contribution in [0.2, 0.25) is 0 Å². The maximum atomic E-state index is 12.2. The standard InChI is InChI=1S/C17H15N5O3/c1-9-5-14(23)22-16(20-9)10-3-2-4-12(6-10)21-17(25)13-7-11(8-19-13)15(18)24/h2-8,19H,1H3,(H2,18,24)(H,21,25)(H,20,22,23). The average Bonchev–Trinajstić information content (AvgIpc) is 3.04. The van der Waals surface area contributed by atoms with Gasteiger partial charge in [0.2, 0.25) is 5.91 Å². The first-order valence-electron chi connectivity index (χ1n) is 7.40. The number of nitrogens with zero attached hydrogens (tertiary/aromatic N) is 1. The summed E-state index contributed by atoms with van der Waals surface area (Å²) >= 11 is 0. The zero-order valence-corrected chi connectivity index (χ0v) is 13.3. The summed E-state index contributed by atoms with van der Waals surface area (Å²) in [7, 11) is 0. The summed E-state index contributed by atoms with van der Waals surface area (Å²) in [5, 5.41) is 2.71. The number of nitrogens with one attached hydrogen (secondary N) is 3. The lowest BCUT2D eigenvalue weighted by Crippen LogP contribution is -2.13. The molecule has 0 saturated heterocycles. The number of rotatable bonds is 4. The molecule has 0 unspecified atom stereocenters. The molecule has 0 bridgehead atoms. The summed E-state index contributed by atoms with van der Waals surface area (Å²) in [5.74, 6) is -0.626. The Labute approximate surface area is 142 Å². The largest absolute Gasteiger partial charge is 0.366 e. The molecule has 0 fully saturated rings. The highest BCUT2D eigenvalue weighted by atomic mass is 16.2. The van der Waals surface area contributed by atoms with Gasteiger partial charge in [-0.1, -0.05) is 12.1 Å². The van der Waals surface area contributed by atoms with E-state index in [-0.39, 0.29) is 16.8 Å². The van der Waals surface area contributed by atoms with E-state index in [1.165, 1.54) is 18.3 Å². The molecular formula is C17H15N5O3. The first-order valence-corrected chi connectivity index (χ1v) is 7.40. The number of benzene rings is 1. The fourth-order valence-corrected chi connectivity index (χ4v) is 2.33. The summed E-state index contributed by atoms with van der Waals surface area (Å²) in [5.41, 5.74) is 7.11. The molecule has 0 spiro atoms. The maximum absolute atomic E-state index is 12.2. The molecule has 1 aromatic carbocycles. The fraction of sp³-hybridized carbons (Fsp3) is 0.0588. The highest BCUT2D eigenvalue weighted by Gasteiger charge is 2.12. The number of anilines is 1. The first kappa shape index (κ1) is 16.2.